The summed E-state index contributed by atoms with van der Waals surface area (Å²) in [6, 6.07) is 10.2. The minimum atomic E-state index is 0.495. The normalized spacial score (nSPS) is 18.5. The standard InChI is InChI=1S/C19H32N2/c1-5-17(6-2)21(13-15(3)4)14-19-18-10-8-7-9-16(18)11-12-20-19/h7-10,15,17,19-20H,5-6,11-14H2,1-4H3. The van der Waals surface area contributed by atoms with Crippen LogP contribution in [-0.2, 0) is 6.42 Å². The Labute approximate surface area is 130 Å². The number of nitrogens with zero attached hydrogens (tertiary/aromatic N) is 1. The molecule has 2 rings (SSSR count). The molecule has 0 fully saturated rings. The minimum Gasteiger partial charge on any atom is -0.309 e. The quantitative estimate of drug-likeness (QED) is 0.815. The molecule has 2 nitrogen and oxygen atoms in total. The van der Waals surface area contributed by atoms with Crippen molar-refractivity contribution in [2.45, 2.75) is 59.0 Å². The van der Waals surface area contributed by atoms with Gasteiger partial charge in [-0.3, -0.25) is 4.90 Å². The van der Waals surface area contributed by atoms with Gasteiger partial charge in [-0.15, -0.1) is 0 Å². The first-order valence-corrected chi connectivity index (χ1v) is 8.70. The number of hydrogen-bond acceptors (Lipinski definition) is 2. The van der Waals surface area contributed by atoms with Crippen LogP contribution in [0.4, 0.5) is 0 Å². The molecule has 0 aliphatic carbocycles. The van der Waals surface area contributed by atoms with Gasteiger partial charge in [-0.25, -0.2) is 0 Å². The van der Waals surface area contributed by atoms with Crippen molar-refractivity contribution in [2.24, 2.45) is 5.92 Å². The van der Waals surface area contributed by atoms with Gasteiger partial charge in [-0.2, -0.15) is 0 Å². The van der Waals surface area contributed by atoms with Crippen LogP contribution in [0.3, 0.4) is 0 Å². The molecule has 1 aromatic rings. The highest BCUT2D eigenvalue weighted by Crippen LogP contribution is 2.25. The van der Waals surface area contributed by atoms with Gasteiger partial charge in [-0.1, -0.05) is 52.0 Å². The van der Waals surface area contributed by atoms with Gasteiger partial charge in [0.25, 0.3) is 0 Å². The molecule has 1 unspecified atom stereocenters. The van der Waals surface area contributed by atoms with Crippen LogP contribution in [0, 0.1) is 5.92 Å². The summed E-state index contributed by atoms with van der Waals surface area (Å²) in [5, 5.41) is 3.74. The molecule has 118 valence electrons. The zero-order valence-electron chi connectivity index (χ0n) is 14.2. The molecule has 1 aliphatic heterocycles. The molecular formula is C19H32N2. The van der Waals surface area contributed by atoms with Gasteiger partial charge in [0.1, 0.15) is 0 Å². The Balaban J connectivity index is 2.13. The average molecular weight is 288 g/mol. The van der Waals surface area contributed by atoms with Crippen LogP contribution < -0.4 is 5.32 Å². The second kappa shape index (κ2) is 7.95. The molecule has 0 saturated carbocycles. The number of fused-ring (bicyclic) bond motifs is 1. The number of nitrogens with one attached hydrogen (secondary N) is 1. The fourth-order valence-corrected chi connectivity index (χ4v) is 3.64. The predicted octanol–water partition coefficient (Wildman–Crippen LogP) is 4.02. The van der Waals surface area contributed by atoms with Gasteiger partial charge in [0.05, 0.1) is 0 Å². The second-order valence-electron chi connectivity index (χ2n) is 6.77. The van der Waals surface area contributed by atoms with E-state index in [0.29, 0.717) is 12.1 Å². The second-order valence-corrected chi connectivity index (χ2v) is 6.77. The monoisotopic (exact) mass is 288 g/mol. The summed E-state index contributed by atoms with van der Waals surface area (Å²) >= 11 is 0. The molecule has 0 saturated heterocycles. The summed E-state index contributed by atoms with van der Waals surface area (Å²) in [5.74, 6) is 0.726. The molecular weight excluding hydrogens is 256 g/mol. The summed E-state index contributed by atoms with van der Waals surface area (Å²) in [6.45, 7) is 12.8. The minimum absolute atomic E-state index is 0.495. The van der Waals surface area contributed by atoms with Crippen molar-refractivity contribution in [1.82, 2.24) is 10.2 Å². The van der Waals surface area contributed by atoms with Crippen molar-refractivity contribution >= 4 is 0 Å². The summed E-state index contributed by atoms with van der Waals surface area (Å²) < 4.78 is 0. The van der Waals surface area contributed by atoms with Crippen LogP contribution in [0.1, 0.15) is 57.7 Å². The molecule has 1 aliphatic rings. The highest BCUT2D eigenvalue weighted by atomic mass is 15.2. The van der Waals surface area contributed by atoms with Gasteiger partial charge in [0.15, 0.2) is 0 Å². The maximum absolute atomic E-state index is 3.74. The molecule has 0 spiro atoms. The lowest BCUT2D eigenvalue weighted by molar-refractivity contribution is 0.147. The highest BCUT2D eigenvalue weighted by Gasteiger charge is 2.24. The lowest BCUT2D eigenvalue weighted by atomic mass is 9.93. The zero-order chi connectivity index (χ0) is 15.2. The molecule has 1 atom stereocenters. The Hall–Kier alpha value is -0.860. The van der Waals surface area contributed by atoms with E-state index in [4.69, 9.17) is 0 Å². The van der Waals surface area contributed by atoms with Crippen LogP contribution in [0.25, 0.3) is 0 Å². The molecule has 0 bridgehead atoms. The average Bonchev–Trinajstić information content (AvgIpc) is 2.48. The molecule has 0 amide bonds. The number of benzene rings is 1. The van der Waals surface area contributed by atoms with E-state index in [9.17, 15) is 0 Å². The summed E-state index contributed by atoms with van der Waals surface area (Å²) in [6.07, 6.45) is 3.66. The lowest BCUT2D eigenvalue weighted by Crippen LogP contribution is -2.44. The first kappa shape index (κ1) is 16.5. The largest absolute Gasteiger partial charge is 0.309 e. The Morgan fingerprint density at radius 2 is 1.90 bits per heavy atom. The Bertz CT molecular complexity index is 423. The van der Waals surface area contributed by atoms with Crippen LogP contribution >= 0.6 is 0 Å². The van der Waals surface area contributed by atoms with Gasteiger partial charge in [0, 0.05) is 25.2 Å². The molecule has 1 aromatic carbocycles. The maximum atomic E-state index is 3.74. The smallest absolute Gasteiger partial charge is 0.0452 e. The lowest BCUT2D eigenvalue weighted by Gasteiger charge is -2.37. The van der Waals surface area contributed by atoms with E-state index in [1.54, 1.807) is 0 Å². The van der Waals surface area contributed by atoms with Gasteiger partial charge in [-0.05, 0) is 42.9 Å². The maximum Gasteiger partial charge on any atom is 0.0452 e. The van der Waals surface area contributed by atoms with E-state index in [0.717, 1.165) is 19.0 Å². The third kappa shape index (κ3) is 4.31. The summed E-state index contributed by atoms with van der Waals surface area (Å²) in [5.41, 5.74) is 3.05. The van der Waals surface area contributed by atoms with E-state index in [1.807, 2.05) is 0 Å². The third-order valence-corrected chi connectivity index (χ3v) is 4.69. The molecule has 1 heterocycles. The molecule has 0 aromatic heterocycles. The first-order chi connectivity index (χ1) is 10.2. The molecule has 1 N–H and O–H groups in total. The highest BCUT2D eigenvalue weighted by molar-refractivity contribution is 5.32. The van der Waals surface area contributed by atoms with Crippen LogP contribution in [-0.4, -0.2) is 30.6 Å². The van der Waals surface area contributed by atoms with E-state index in [-0.39, 0.29) is 0 Å². The Morgan fingerprint density at radius 3 is 2.57 bits per heavy atom. The SMILES string of the molecule is CCC(CC)N(CC(C)C)CC1NCCc2ccccc21. The fraction of sp³-hybridized carbons (Fsp3) is 0.684. The van der Waals surface area contributed by atoms with E-state index in [2.05, 4.69) is 62.2 Å². The first-order valence-electron chi connectivity index (χ1n) is 8.70. The van der Waals surface area contributed by atoms with Gasteiger partial charge < -0.3 is 5.32 Å². The predicted molar refractivity (Wildman–Crippen MR) is 91.7 cm³/mol. The van der Waals surface area contributed by atoms with Gasteiger partial charge >= 0.3 is 0 Å². The van der Waals surface area contributed by atoms with Crippen molar-refractivity contribution in [3.8, 4) is 0 Å². The molecule has 21 heavy (non-hydrogen) atoms. The number of hydrogen-bond donors (Lipinski definition) is 1. The number of rotatable bonds is 7. The van der Waals surface area contributed by atoms with Crippen molar-refractivity contribution in [2.75, 3.05) is 19.6 Å². The zero-order valence-corrected chi connectivity index (χ0v) is 14.2. The molecule has 0 radical (unpaired) electrons. The topological polar surface area (TPSA) is 15.3 Å². The van der Waals surface area contributed by atoms with E-state index in [1.165, 1.54) is 36.9 Å². The summed E-state index contributed by atoms with van der Waals surface area (Å²) in [4.78, 5) is 2.71. The van der Waals surface area contributed by atoms with Crippen LogP contribution in [0.15, 0.2) is 24.3 Å². The third-order valence-electron chi connectivity index (χ3n) is 4.69. The Kier molecular flexibility index (Phi) is 6.25. The summed E-state index contributed by atoms with van der Waals surface area (Å²) in [7, 11) is 0. The van der Waals surface area contributed by atoms with E-state index >= 15 is 0 Å². The van der Waals surface area contributed by atoms with E-state index < -0.39 is 0 Å². The van der Waals surface area contributed by atoms with Crippen LogP contribution in [0.2, 0.25) is 0 Å². The fourth-order valence-electron chi connectivity index (χ4n) is 3.64. The van der Waals surface area contributed by atoms with Crippen LogP contribution in [0.5, 0.6) is 0 Å². The molecule has 2 heteroatoms. The Morgan fingerprint density at radius 1 is 1.19 bits per heavy atom. The van der Waals surface area contributed by atoms with Crippen molar-refractivity contribution in [3.05, 3.63) is 35.4 Å². The van der Waals surface area contributed by atoms with Crippen molar-refractivity contribution in [1.29, 1.82) is 0 Å². The van der Waals surface area contributed by atoms with Crippen molar-refractivity contribution in [3.63, 3.8) is 0 Å². The van der Waals surface area contributed by atoms with Gasteiger partial charge in [0.2, 0.25) is 0 Å². The van der Waals surface area contributed by atoms with Crippen molar-refractivity contribution < 1.29 is 0 Å².